The SMILES string of the molecule is NCCOCC(=O)N(CC(N)=O)C1CCCC1. The van der Waals surface area contributed by atoms with Gasteiger partial charge in [-0.25, -0.2) is 0 Å². The van der Waals surface area contributed by atoms with Crippen molar-refractivity contribution in [3.63, 3.8) is 0 Å². The van der Waals surface area contributed by atoms with Gasteiger partial charge in [0.1, 0.15) is 6.61 Å². The van der Waals surface area contributed by atoms with E-state index in [1.807, 2.05) is 0 Å². The average Bonchev–Trinajstić information content (AvgIpc) is 2.79. The highest BCUT2D eigenvalue weighted by atomic mass is 16.5. The second kappa shape index (κ2) is 7.24. The van der Waals surface area contributed by atoms with Crippen molar-refractivity contribution in [3.8, 4) is 0 Å². The van der Waals surface area contributed by atoms with Crippen LogP contribution in [0, 0.1) is 0 Å². The molecule has 0 unspecified atom stereocenters. The fourth-order valence-corrected chi connectivity index (χ4v) is 2.13. The normalized spacial score (nSPS) is 16.1. The van der Waals surface area contributed by atoms with Crippen molar-refractivity contribution >= 4 is 11.8 Å². The third-order valence-corrected chi connectivity index (χ3v) is 2.90. The zero-order valence-corrected chi connectivity index (χ0v) is 10.1. The summed E-state index contributed by atoms with van der Waals surface area (Å²) in [7, 11) is 0. The molecule has 1 aliphatic rings. The van der Waals surface area contributed by atoms with E-state index >= 15 is 0 Å². The molecule has 0 aliphatic heterocycles. The summed E-state index contributed by atoms with van der Waals surface area (Å²) in [5.74, 6) is -0.659. The summed E-state index contributed by atoms with van der Waals surface area (Å²) in [4.78, 5) is 24.4. The van der Waals surface area contributed by atoms with Crippen molar-refractivity contribution in [1.82, 2.24) is 4.90 Å². The lowest BCUT2D eigenvalue weighted by molar-refractivity contribution is -0.141. The maximum atomic E-state index is 11.9. The van der Waals surface area contributed by atoms with Gasteiger partial charge >= 0.3 is 0 Å². The third-order valence-electron chi connectivity index (χ3n) is 2.90. The van der Waals surface area contributed by atoms with Gasteiger partial charge in [0.15, 0.2) is 0 Å². The minimum atomic E-state index is -0.482. The molecule has 17 heavy (non-hydrogen) atoms. The van der Waals surface area contributed by atoms with Gasteiger partial charge in [-0.15, -0.1) is 0 Å². The maximum Gasteiger partial charge on any atom is 0.249 e. The van der Waals surface area contributed by atoms with E-state index in [0.29, 0.717) is 13.2 Å². The van der Waals surface area contributed by atoms with Crippen LogP contribution in [0.5, 0.6) is 0 Å². The Kier molecular flexibility index (Phi) is 5.93. The van der Waals surface area contributed by atoms with Crippen LogP contribution in [0.1, 0.15) is 25.7 Å². The molecule has 1 aliphatic carbocycles. The Balaban J connectivity index is 2.48. The number of nitrogens with zero attached hydrogens (tertiary/aromatic N) is 1. The number of hydrogen-bond donors (Lipinski definition) is 2. The van der Waals surface area contributed by atoms with Crippen molar-refractivity contribution in [2.45, 2.75) is 31.7 Å². The first-order chi connectivity index (χ1) is 8.15. The highest BCUT2D eigenvalue weighted by molar-refractivity contribution is 5.84. The Hall–Kier alpha value is -1.14. The summed E-state index contributed by atoms with van der Waals surface area (Å²) in [6, 6.07) is 0.136. The van der Waals surface area contributed by atoms with Gasteiger partial charge in [-0.2, -0.15) is 0 Å². The van der Waals surface area contributed by atoms with Crippen LogP contribution in [0.25, 0.3) is 0 Å². The number of nitrogens with two attached hydrogens (primary N) is 2. The molecule has 2 amide bonds. The first-order valence-corrected chi connectivity index (χ1v) is 6.00. The summed E-state index contributed by atoms with van der Waals surface area (Å²) in [6.45, 7) is 0.684. The highest BCUT2D eigenvalue weighted by Gasteiger charge is 2.27. The van der Waals surface area contributed by atoms with Gasteiger partial charge < -0.3 is 21.1 Å². The molecule has 1 rings (SSSR count). The van der Waals surface area contributed by atoms with E-state index in [0.717, 1.165) is 25.7 Å². The number of amides is 2. The fraction of sp³-hybridized carbons (Fsp3) is 0.818. The number of ether oxygens (including phenoxy) is 1. The summed E-state index contributed by atoms with van der Waals surface area (Å²) in [6.07, 6.45) is 4.07. The van der Waals surface area contributed by atoms with E-state index in [2.05, 4.69) is 0 Å². The molecule has 4 N–H and O–H groups in total. The lowest BCUT2D eigenvalue weighted by atomic mass is 10.2. The first kappa shape index (κ1) is 13.9. The predicted molar refractivity (Wildman–Crippen MR) is 63.0 cm³/mol. The fourth-order valence-electron chi connectivity index (χ4n) is 2.13. The summed E-state index contributed by atoms with van der Waals surface area (Å²) in [5, 5.41) is 0. The third kappa shape index (κ3) is 4.70. The minimum Gasteiger partial charge on any atom is -0.370 e. The monoisotopic (exact) mass is 243 g/mol. The second-order valence-corrected chi connectivity index (χ2v) is 4.27. The minimum absolute atomic E-state index is 0.0184. The zero-order chi connectivity index (χ0) is 12.7. The van der Waals surface area contributed by atoms with Crippen LogP contribution in [-0.2, 0) is 14.3 Å². The Morgan fingerprint density at radius 3 is 2.47 bits per heavy atom. The molecule has 1 saturated carbocycles. The van der Waals surface area contributed by atoms with E-state index in [1.165, 1.54) is 0 Å². The zero-order valence-electron chi connectivity index (χ0n) is 10.1. The largest absolute Gasteiger partial charge is 0.370 e. The van der Waals surface area contributed by atoms with Crippen molar-refractivity contribution in [2.75, 3.05) is 26.3 Å². The average molecular weight is 243 g/mol. The van der Waals surface area contributed by atoms with Crippen molar-refractivity contribution in [3.05, 3.63) is 0 Å². The van der Waals surface area contributed by atoms with Crippen LogP contribution in [0.4, 0.5) is 0 Å². The molecular formula is C11H21N3O3. The molecule has 0 saturated heterocycles. The van der Waals surface area contributed by atoms with Crippen molar-refractivity contribution < 1.29 is 14.3 Å². The van der Waals surface area contributed by atoms with Crippen molar-refractivity contribution in [2.24, 2.45) is 11.5 Å². The molecule has 0 bridgehead atoms. The lowest BCUT2D eigenvalue weighted by Gasteiger charge is -2.27. The Bertz CT molecular complexity index is 265. The molecular weight excluding hydrogens is 222 g/mol. The van der Waals surface area contributed by atoms with Crippen LogP contribution in [0.2, 0.25) is 0 Å². The summed E-state index contributed by atoms with van der Waals surface area (Å²) < 4.78 is 5.10. The van der Waals surface area contributed by atoms with Crippen molar-refractivity contribution in [1.29, 1.82) is 0 Å². The lowest BCUT2D eigenvalue weighted by Crippen LogP contribution is -2.45. The van der Waals surface area contributed by atoms with E-state index in [1.54, 1.807) is 4.90 Å². The van der Waals surface area contributed by atoms with E-state index in [9.17, 15) is 9.59 Å². The van der Waals surface area contributed by atoms with Gasteiger partial charge in [-0.05, 0) is 12.8 Å². The van der Waals surface area contributed by atoms with Gasteiger partial charge in [0.25, 0.3) is 0 Å². The molecule has 1 fully saturated rings. The van der Waals surface area contributed by atoms with Gasteiger partial charge in [-0.1, -0.05) is 12.8 Å². The Morgan fingerprint density at radius 2 is 1.94 bits per heavy atom. The number of carbonyl (C=O) groups is 2. The molecule has 0 heterocycles. The number of rotatable bonds is 7. The molecule has 0 aromatic heterocycles. The molecule has 6 heteroatoms. The molecule has 6 nitrogen and oxygen atoms in total. The van der Waals surface area contributed by atoms with Gasteiger partial charge in [0, 0.05) is 12.6 Å². The molecule has 0 aromatic rings. The molecule has 0 aromatic carbocycles. The van der Waals surface area contributed by atoms with Gasteiger partial charge in [0.05, 0.1) is 13.2 Å². The standard InChI is InChI=1S/C11H21N3O3/c12-5-6-17-8-11(16)14(7-10(13)15)9-3-1-2-4-9/h9H,1-8,12H2,(H2,13,15). The summed E-state index contributed by atoms with van der Waals surface area (Å²) in [5.41, 5.74) is 10.4. The van der Waals surface area contributed by atoms with E-state index < -0.39 is 5.91 Å². The Labute approximate surface area is 101 Å². The van der Waals surface area contributed by atoms with Crippen LogP contribution in [-0.4, -0.2) is 49.1 Å². The highest BCUT2D eigenvalue weighted by Crippen LogP contribution is 2.23. The number of primary amides is 1. The first-order valence-electron chi connectivity index (χ1n) is 6.00. The summed E-state index contributed by atoms with van der Waals surface area (Å²) >= 11 is 0. The molecule has 0 radical (unpaired) electrons. The van der Waals surface area contributed by atoms with Gasteiger partial charge in [-0.3, -0.25) is 9.59 Å². The van der Waals surface area contributed by atoms with Gasteiger partial charge in [0.2, 0.25) is 11.8 Å². The van der Waals surface area contributed by atoms with Crippen LogP contribution >= 0.6 is 0 Å². The second-order valence-electron chi connectivity index (χ2n) is 4.27. The van der Waals surface area contributed by atoms with E-state index in [-0.39, 0.29) is 25.1 Å². The smallest absolute Gasteiger partial charge is 0.249 e. The number of carbonyl (C=O) groups excluding carboxylic acids is 2. The van der Waals surface area contributed by atoms with E-state index in [4.69, 9.17) is 16.2 Å². The quantitative estimate of drug-likeness (QED) is 0.573. The predicted octanol–water partition coefficient (Wildman–Crippen LogP) is -0.782. The Morgan fingerprint density at radius 1 is 1.29 bits per heavy atom. The maximum absolute atomic E-state index is 11.9. The van der Waals surface area contributed by atoms with Crippen LogP contribution < -0.4 is 11.5 Å². The van der Waals surface area contributed by atoms with Crippen LogP contribution in [0.15, 0.2) is 0 Å². The molecule has 0 atom stereocenters. The molecule has 98 valence electrons. The van der Waals surface area contributed by atoms with Crippen LogP contribution in [0.3, 0.4) is 0 Å². The topological polar surface area (TPSA) is 98.7 Å². The number of hydrogen-bond acceptors (Lipinski definition) is 4. The molecule has 0 spiro atoms.